The Hall–Kier alpha value is -2.53. The van der Waals surface area contributed by atoms with Crippen molar-refractivity contribution in [2.45, 2.75) is 109 Å². The number of benzene rings is 2. The fourth-order valence-electron chi connectivity index (χ4n) is 5.55. The molecule has 1 saturated heterocycles. The zero-order chi connectivity index (χ0) is 27.7. The third-order valence-corrected chi connectivity index (χ3v) is 7.91. The van der Waals surface area contributed by atoms with Gasteiger partial charge in [-0.25, -0.2) is 0 Å². The number of likely N-dealkylation sites (N-methyl/N-ethyl adjacent to an activating group) is 1. The molecule has 39 heavy (non-hydrogen) atoms. The van der Waals surface area contributed by atoms with E-state index in [9.17, 15) is 4.79 Å². The number of methoxy groups -OCH3 is 1. The Bertz CT molecular complexity index is 962. The Labute approximate surface area is 237 Å². The topological polar surface area (TPSA) is 48.0 Å². The van der Waals surface area contributed by atoms with Crippen LogP contribution in [0.2, 0.25) is 0 Å². The standard InChI is InChI=1S/C34H51NO4/c1-4-5-6-7-8-9-10-22-34(36)39-32-26-30(35(2)27-32)23-24-38-33-21-14-13-19-29(33)18-12-11-16-28-17-15-20-31(25-28)37-3/h13-15,17,19-21,25,30,32H,4-12,16,18,22-24,26-27H2,1-3H3. The largest absolute Gasteiger partial charge is 0.497 e. The molecule has 0 aromatic heterocycles. The lowest BCUT2D eigenvalue weighted by Crippen LogP contribution is -2.27. The molecule has 0 amide bonds. The van der Waals surface area contributed by atoms with E-state index in [0.29, 0.717) is 19.1 Å². The van der Waals surface area contributed by atoms with Crippen molar-refractivity contribution in [2.75, 3.05) is 27.3 Å². The second-order valence-corrected chi connectivity index (χ2v) is 11.1. The van der Waals surface area contributed by atoms with Crippen LogP contribution in [0.5, 0.6) is 11.5 Å². The van der Waals surface area contributed by atoms with Crippen molar-refractivity contribution in [3.8, 4) is 11.5 Å². The Morgan fingerprint density at radius 2 is 1.69 bits per heavy atom. The average molecular weight is 538 g/mol. The molecule has 5 nitrogen and oxygen atoms in total. The molecule has 0 saturated carbocycles. The van der Waals surface area contributed by atoms with Crippen LogP contribution in [0.15, 0.2) is 48.5 Å². The number of likely N-dealkylation sites (tertiary alicyclic amines) is 1. The molecule has 1 heterocycles. The van der Waals surface area contributed by atoms with Gasteiger partial charge in [0.2, 0.25) is 0 Å². The van der Waals surface area contributed by atoms with E-state index in [1.807, 2.05) is 6.07 Å². The van der Waals surface area contributed by atoms with Crippen LogP contribution in [-0.2, 0) is 22.4 Å². The van der Waals surface area contributed by atoms with Crippen LogP contribution in [0.25, 0.3) is 0 Å². The first-order chi connectivity index (χ1) is 19.1. The first-order valence-electron chi connectivity index (χ1n) is 15.3. The number of esters is 1. The molecule has 0 aliphatic carbocycles. The number of carbonyl (C=O) groups excluding carboxylic acids is 1. The molecule has 3 rings (SSSR count). The SMILES string of the molecule is CCCCCCCCCC(=O)OC1CC(CCOc2ccccc2CCCCc2cccc(OC)c2)N(C)C1. The molecule has 1 fully saturated rings. The summed E-state index contributed by atoms with van der Waals surface area (Å²) in [5.74, 6) is 1.89. The van der Waals surface area contributed by atoms with Gasteiger partial charge in [-0.15, -0.1) is 0 Å². The molecule has 1 aliphatic rings. The molecule has 2 atom stereocenters. The Kier molecular flexibility index (Phi) is 14.3. The third kappa shape index (κ3) is 11.6. The van der Waals surface area contributed by atoms with E-state index in [1.54, 1.807) is 7.11 Å². The van der Waals surface area contributed by atoms with Gasteiger partial charge in [0.1, 0.15) is 17.6 Å². The lowest BCUT2D eigenvalue weighted by molar-refractivity contribution is -0.148. The Morgan fingerprint density at radius 1 is 0.923 bits per heavy atom. The highest BCUT2D eigenvalue weighted by molar-refractivity contribution is 5.69. The molecule has 1 aliphatic heterocycles. The van der Waals surface area contributed by atoms with Crippen molar-refractivity contribution in [1.29, 1.82) is 0 Å². The number of rotatable bonds is 19. The molecule has 2 aromatic rings. The highest BCUT2D eigenvalue weighted by Gasteiger charge is 2.31. The van der Waals surface area contributed by atoms with Crippen LogP contribution < -0.4 is 9.47 Å². The number of ether oxygens (including phenoxy) is 3. The van der Waals surface area contributed by atoms with Crippen molar-refractivity contribution in [3.05, 3.63) is 59.7 Å². The zero-order valence-corrected chi connectivity index (χ0v) is 24.7. The summed E-state index contributed by atoms with van der Waals surface area (Å²) in [6.07, 6.45) is 15.2. The lowest BCUT2D eigenvalue weighted by Gasteiger charge is -2.19. The summed E-state index contributed by atoms with van der Waals surface area (Å²) in [6, 6.07) is 17.1. The summed E-state index contributed by atoms with van der Waals surface area (Å²) in [5.41, 5.74) is 2.60. The Balaban J connectivity index is 1.32. The minimum Gasteiger partial charge on any atom is -0.497 e. The van der Waals surface area contributed by atoms with Gasteiger partial charge in [-0.3, -0.25) is 9.69 Å². The summed E-state index contributed by atoms with van der Waals surface area (Å²) >= 11 is 0. The third-order valence-electron chi connectivity index (χ3n) is 7.91. The maximum absolute atomic E-state index is 12.3. The van der Waals surface area contributed by atoms with Crippen LogP contribution in [0.4, 0.5) is 0 Å². The highest BCUT2D eigenvalue weighted by Crippen LogP contribution is 2.25. The summed E-state index contributed by atoms with van der Waals surface area (Å²) in [6.45, 7) is 3.73. The quantitative estimate of drug-likeness (QED) is 0.135. The predicted octanol–water partition coefficient (Wildman–Crippen LogP) is 7.79. The van der Waals surface area contributed by atoms with E-state index >= 15 is 0 Å². The molecular weight excluding hydrogens is 486 g/mol. The Morgan fingerprint density at radius 3 is 2.51 bits per heavy atom. The van der Waals surface area contributed by atoms with Gasteiger partial charge in [-0.2, -0.15) is 0 Å². The van der Waals surface area contributed by atoms with Gasteiger partial charge in [0.05, 0.1) is 13.7 Å². The molecular formula is C34H51NO4. The van der Waals surface area contributed by atoms with Gasteiger partial charge in [0, 0.05) is 25.4 Å². The first-order valence-corrected chi connectivity index (χ1v) is 15.3. The van der Waals surface area contributed by atoms with E-state index in [1.165, 1.54) is 43.2 Å². The number of hydrogen-bond acceptors (Lipinski definition) is 5. The second kappa shape index (κ2) is 17.9. The van der Waals surface area contributed by atoms with E-state index < -0.39 is 0 Å². The van der Waals surface area contributed by atoms with Gasteiger partial charge >= 0.3 is 5.97 Å². The van der Waals surface area contributed by atoms with Crippen molar-refractivity contribution in [3.63, 3.8) is 0 Å². The lowest BCUT2D eigenvalue weighted by atomic mass is 10.0. The highest BCUT2D eigenvalue weighted by atomic mass is 16.5. The van der Waals surface area contributed by atoms with Crippen molar-refractivity contribution < 1.29 is 19.0 Å². The zero-order valence-electron chi connectivity index (χ0n) is 24.7. The van der Waals surface area contributed by atoms with E-state index in [4.69, 9.17) is 14.2 Å². The summed E-state index contributed by atoms with van der Waals surface area (Å²) in [5, 5.41) is 0. The number of hydrogen-bond donors (Lipinski definition) is 0. The maximum Gasteiger partial charge on any atom is 0.306 e. The van der Waals surface area contributed by atoms with E-state index in [2.05, 4.69) is 61.3 Å². The number of aryl methyl sites for hydroxylation is 2. The fourth-order valence-corrected chi connectivity index (χ4v) is 5.55. The fraction of sp³-hybridized carbons (Fsp3) is 0.618. The van der Waals surface area contributed by atoms with Crippen molar-refractivity contribution >= 4 is 5.97 Å². The predicted molar refractivity (Wildman–Crippen MR) is 160 cm³/mol. The van der Waals surface area contributed by atoms with E-state index in [-0.39, 0.29) is 12.1 Å². The molecule has 0 radical (unpaired) electrons. The number of nitrogens with zero attached hydrogens (tertiary/aromatic N) is 1. The van der Waals surface area contributed by atoms with Gasteiger partial charge in [0.15, 0.2) is 0 Å². The number of para-hydroxylation sites is 1. The summed E-state index contributed by atoms with van der Waals surface area (Å²) in [7, 11) is 3.84. The second-order valence-electron chi connectivity index (χ2n) is 11.1. The normalized spacial score (nSPS) is 17.3. The molecule has 5 heteroatoms. The minimum absolute atomic E-state index is 0.00826. The maximum atomic E-state index is 12.3. The monoisotopic (exact) mass is 537 g/mol. The first kappa shape index (κ1) is 31.0. The van der Waals surface area contributed by atoms with Gasteiger partial charge < -0.3 is 14.2 Å². The van der Waals surface area contributed by atoms with Crippen LogP contribution in [0.1, 0.15) is 95.1 Å². The van der Waals surface area contributed by atoms with Gasteiger partial charge in [0.25, 0.3) is 0 Å². The van der Waals surface area contributed by atoms with Gasteiger partial charge in [-0.1, -0.05) is 75.8 Å². The van der Waals surface area contributed by atoms with Crippen molar-refractivity contribution in [1.82, 2.24) is 4.90 Å². The smallest absolute Gasteiger partial charge is 0.306 e. The summed E-state index contributed by atoms with van der Waals surface area (Å²) in [4.78, 5) is 14.6. The number of carbonyl (C=O) groups is 1. The van der Waals surface area contributed by atoms with Crippen LogP contribution in [-0.4, -0.2) is 50.3 Å². The van der Waals surface area contributed by atoms with Crippen LogP contribution >= 0.6 is 0 Å². The van der Waals surface area contributed by atoms with Crippen LogP contribution in [0, 0.1) is 0 Å². The molecule has 216 valence electrons. The minimum atomic E-state index is -0.0285. The van der Waals surface area contributed by atoms with Crippen molar-refractivity contribution in [2.24, 2.45) is 0 Å². The van der Waals surface area contributed by atoms with E-state index in [0.717, 1.165) is 69.4 Å². The molecule has 2 unspecified atom stereocenters. The molecule has 0 bridgehead atoms. The molecule has 0 spiro atoms. The summed E-state index contributed by atoms with van der Waals surface area (Å²) < 4.78 is 17.4. The molecule has 0 N–H and O–H groups in total. The molecule has 2 aromatic carbocycles. The number of unbranched alkanes of at least 4 members (excludes halogenated alkanes) is 7. The average Bonchev–Trinajstić information content (AvgIpc) is 3.29. The van der Waals surface area contributed by atoms with Crippen LogP contribution in [0.3, 0.4) is 0 Å². The van der Waals surface area contributed by atoms with Gasteiger partial charge in [-0.05, 0) is 74.9 Å².